The molecule has 0 saturated carbocycles. The van der Waals surface area contributed by atoms with Gasteiger partial charge in [-0.25, -0.2) is 4.39 Å². The van der Waals surface area contributed by atoms with Gasteiger partial charge in [0.2, 0.25) is 5.91 Å². The smallest absolute Gasteiger partial charge is 0.247 e. The van der Waals surface area contributed by atoms with Crippen LogP contribution in [0.15, 0.2) is 18.2 Å². The minimum absolute atomic E-state index is 0.0146. The summed E-state index contributed by atoms with van der Waals surface area (Å²) in [5, 5.41) is 3.10. The van der Waals surface area contributed by atoms with E-state index in [9.17, 15) is 9.18 Å². The molecule has 0 spiro atoms. The van der Waals surface area contributed by atoms with Crippen molar-refractivity contribution in [3.8, 4) is 0 Å². The summed E-state index contributed by atoms with van der Waals surface area (Å²) in [5.74, 6) is -0.263. The van der Waals surface area contributed by atoms with Crippen LogP contribution in [0.3, 0.4) is 0 Å². The SMILES string of the molecule is CNC(C)c1ccc(N2CCN(C)C(=O)C2(C)C)c(F)c1. The molecule has 1 aliphatic rings. The summed E-state index contributed by atoms with van der Waals surface area (Å²) >= 11 is 0. The molecule has 1 aliphatic heterocycles. The lowest BCUT2D eigenvalue weighted by molar-refractivity contribution is -0.136. The number of benzene rings is 1. The summed E-state index contributed by atoms with van der Waals surface area (Å²) in [6.07, 6.45) is 0. The van der Waals surface area contributed by atoms with Gasteiger partial charge in [-0.15, -0.1) is 0 Å². The van der Waals surface area contributed by atoms with Crippen LogP contribution in [0.5, 0.6) is 0 Å². The Morgan fingerprint density at radius 2 is 2.00 bits per heavy atom. The van der Waals surface area contributed by atoms with Crippen LogP contribution in [0.4, 0.5) is 10.1 Å². The maximum absolute atomic E-state index is 14.5. The van der Waals surface area contributed by atoms with Gasteiger partial charge in [-0.2, -0.15) is 0 Å². The van der Waals surface area contributed by atoms with Gasteiger partial charge in [-0.05, 0) is 45.5 Å². The molecule has 0 radical (unpaired) electrons. The second-order valence-corrected chi connectivity index (χ2v) is 6.16. The molecule has 0 bridgehead atoms. The molecular formula is C16H24FN3O. The predicted octanol–water partition coefficient (Wildman–Crippen LogP) is 2.16. The first-order valence-corrected chi connectivity index (χ1v) is 7.29. The molecule has 116 valence electrons. The number of carbonyl (C=O) groups excluding carboxylic acids is 1. The van der Waals surface area contributed by atoms with Crippen molar-refractivity contribution in [2.45, 2.75) is 32.4 Å². The Labute approximate surface area is 125 Å². The van der Waals surface area contributed by atoms with E-state index in [0.29, 0.717) is 18.8 Å². The lowest BCUT2D eigenvalue weighted by atomic mass is 9.96. The molecule has 1 aromatic carbocycles. The van der Waals surface area contributed by atoms with Crippen LogP contribution >= 0.6 is 0 Å². The van der Waals surface area contributed by atoms with Crippen molar-refractivity contribution in [1.82, 2.24) is 10.2 Å². The van der Waals surface area contributed by atoms with Crippen LogP contribution in [0, 0.1) is 5.82 Å². The zero-order chi connectivity index (χ0) is 15.8. The largest absolute Gasteiger partial charge is 0.353 e. The fourth-order valence-corrected chi connectivity index (χ4v) is 2.81. The Balaban J connectivity index is 2.36. The van der Waals surface area contributed by atoms with E-state index in [1.54, 1.807) is 24.1 Å². The number of halogens is 1. The minimum atomic E-state index is -0.732. The summed E-state index contributed by atoms with van der Waals surface area (Å²) in [6, 6.07) is 5.34. The van der Waals surface area contributed by atoms with Gasteiger partial charge in [0.1, 0.15) is 11.4 Å². The normalized spacial score (nSPS) is 19.8. The number of piperazine rings is 1. The van der Waals surface area contributed by atoms with Crippen LogP contribution in [0.25, 0.3) is 0 Å². The van der Waals surface area contributed by atoms with Crippen LogP contribution in [0.1, 0.15) is 32.4 Å². The summed E-state index contributed by atoms with van der Waals surface area (Å²) in [5.41, 5.74) is 0.662. The molecule has 0 aromatic heterocycles. The Kier molecular flexibility index (Phi) is 4.23. The molecule has 21 heavy (non-hydrogen) atoms. The number of rotatable bonds is 3. The molecule has 1 unspecified atom stereocenters. The van der Waals surface area contributed by atoms with E-state index in [2.05, 4.69) is 5.32 Å². The first-order chi connectivity index (χ1) is 9.78. The zero-order valence-corrected chi connectivity index (χ0v) is 13.4. The monoisotopic (exact) mass is 293 g/mol. The average molecular weight is 293 g/mol. The molecule has 5 heteroatoms. The minimum Gasteiger partial charge on any atom is -0.353 e. The third-order valence-corrected chi connectivity index (χ3v) is 4.40. The Morgan fingerprint density at radius 3 is 2.57 bits per heavy atom. The number of hydrogen-bond donors (Lipinski definition) is 1. The van der Waals surface area contributed by atoms with Crippen molar-refractivity contribution in [3.05, 3.63) is 29.6 Å². The highest BCUT2D eigenvalue weighted by Gasteiger charge is 2.41. The number of nitrogens with one attached hydrogen (secondary N) is 1. The number of carbonyl (C=O) groups is 1. The highest BCUT2D eigenvalue weighted by Crippen LogP contribution is 2.31. The van der Waals surface area contributed by atoms with Crippen LogP contribution in [-0.2, 0) is 4.79 Å². The van der Waals surface area contributed by atoms with Gasteiger partial charge >= 0.3 is 0 Å². The van der Waals surface area contributed by atoms with Gasteiger partial charge in [0.05, 0.1) is 5.69 Å². The van der Waals surface area contributed by atoms with Crippen LogP contribution in [-0.4, -0.2) is 43.5 Å². The van der Waals surface area contributed by atoms with Gasteiger partial charge < -0.3 is 15.1 Å². The van der Waals surface area contributed by atoms with Gasteiger partial charge in [-0.1, -0.05) is 6.07 Å². The molecule has 1 heterocycles. The Morgan fingerprint density at radius 1 is 1.33 bits per heavy atom. The number of hydrogen-bond acceptors (Lipinski definition) is 3. The standard InChI is InChI=1S/C16H24FN3O/c1-11(18-4)12-6-7-14(13(17)10-12)20-9-8-19(5)15(21)16(20,2)3/h6-7,10-11,18H,8-9H2,1-5H3. The fraction of sp³-hybridized carbons (Fsp3) is 0.562. The first-order valence-electron chi connectivity index (χ1n) is 7.29. The van der Waals surface area contributed by atoms with E-state index < -0.39 is 5.54 Å². The molecule has 1 atom stereocenters. The summed E-state index contributed by atoms with van der Waals surface area (Å²) in [4.78, 5) is 15.9. The first kappa shape index (κ1) is 15.8. The van der Waals surface area contributed by atoms with E-state index in [1.165, 1.54) is 0 Å². The Hall–Kier alpha value is -1.62. The maximum Gasteiger partial charge on any atom is 0.247 e. The second-order valence-electron chi connectivity index (χ2n) is 6.16. The van der Waals surface area contributed by atoms with Gasteiger partial charge in [-0.3, -0.25) is 4.79 Å². The van der Waals surface area contributed by atoms with Crippen molar-refractivity contribution < 1.29 is 9.18 Å². The topological polar surface area (TPSA) is 35.6 Å². The summed E-state index contributed by atoms with van der Waals surface area (Å²) < 4.78 is 14.5. The maximum atomic E-state index is 14.5. The summed E-state index contributed by atoms with van der Waals surface area (Å²) in [6.45, 7) is 6.91. The van der Waals surface area contributed by atoms with Gasteiger partial charge in [0, 0.05) is 26.2 Å². The van der Waals surface area contributed by atoms with E-state index in [-0.39, 0.29) is 17.8 Å². The second kappa shape index (κ2) is 5.64. The zero-order valence-electron chi connectivity index (χ0n) is 13.4. The third-order valence-electron chi connectivity index (χ3n) is 4.40. The van der Waals surface area contributed by atoms with Gasteiger partial charge in [0.15, 0.2) is 0 Å². The average Bonchev–Trinajstić information content (AvgIpc) is 2.45. The molecule has 1 N–H and O–H groups in total. The predicted molar refractivity (Wildman–Crippen MR) is 82.9 cm³/mol. The van der Waals surface area contributed by atoms with Crippen LogP contribution < -0.4 is 10.2 Å². The van der Waals surface area contributed by atoms with Crippen molar-refractivity contribution in [2.75, 3.05) is 32.1 Å². The molecule has 1 saturated heterocycles. The van der Waals surface area contributed by atoms with Crippen molar-refractivity contribution in [2.24, 2.45) is 0 Å². The van der Waals surface area contributed by atoms with Gasteiger partial charge in [0.25, 0.3) is 0 Å². The molecule has 1 fully saturated rings. The molecule has 4 nitrogen and oxygen atoms in total. The number of anilines is 1. The molecule has 1 aromatic rings. The van der Waals surface area contributed by atoms with E-state index in [0.717, 1.165) is 5.56 Å². The molecule has 0 aliphatic carbocycles. The lowest BCUT2D eigenvalue weighted by Crippen LogP contribution is -2.62. The van der Waals surface area contributed by atoms with E-state index >= 15 is 0 Å². The fourth-order valence-electron chi connectivity index (χ4n) is 2.81. The third kappa shape index (κ3) is 2.75. The number of likely N-dealkylation sites (N-methyl/N-ethyl adjacent to an activating group) is 1. The van der Waals surface area contributed by atoms with Crippen LogP contribution in [0.2, 0.25) is 0 Å². The van der Waals surface area contributed by atoms with Crippen molar-refractivity contribution in [3.63, 3.8) is 0 Å². The molecule has 2 rings (SSSR count). The Bertz CT molecular complexity index is 544. The summed E-state index contributed by atoms with van der Waals surface area (Å²) in [7, 11) is 3.63. The highest BCUT2D eigenvalue weighted by atomic mass is 19.1. The quantitative estimate of drug-likeness (QED) is 0.927. The molecule has 1 amide bonds. The van der Waals surface area contributed by atoms with Crippen molar-refractivity contribution in [1.29, 1.82) is 0 Å². The number of amides is 1. The molecular weight excluding hydrogens is 269 g/mol. The number of nitrogens with zero attached hydrogens (tertiary/aromatic N) is 2. The highest BCUT2D eigenvalue weighted by molar-refractivity contribution is 5.90. The lowest BCUT2D eigenvalue weighted by Gasteiger charge is -2.46. The van der Waals surface area contributed by atoms with E-state index in [1.807, 2.05) is 38.8 Å². The van der Waals surface area contributed by atoms with Crippen molar-refractivity contribution >= 4 is 11.6 Å². The van der Waals surface area contributed by atoms with E-state index in [4.69, 9.17) is 0 Å².